The number of aryl methyl sites for hydroxylation is 1. The number of hydrogen-bond donors (Lipinski definition) is 2. The van der Waals surface area contributed by atoms with E-state index >= 15 is 0 Å². The quantitative estimate of drug-likeness (QED) is 0.837. The van der Waals surface area contributed by atoms with Crippen molar-refractivity contribution in [1.29, 1.82) is 0 Å². The number of hydrogen-bond acceptors (Lipinski definition) is 4. The third-order valence-corrected chi connectivity index (χ3v) is 3.38. The number of nitrogens with zero attached hydrogens (tertiary/aromatic N) is 2. The Balaban J connectivity index is 2.25. The predicted octanol–water partition coefficient (Wildman–Crippen LogP) is 2.26. The Kier molecular flexibility index (Phi) is 3.69. The van der Waals surface area contributed by atoms with Crippen LogP contribution in [0.3, 0.4) is 0 Å². The van der Waals surface area contributed by atoms with Crippen LogP contribution in [0, 0.1) is 6.92 Å². The van der Waals surface area contributed by atoms with Crippen LogP contribution in [0.5, 0.6) is 0 Å². The van der Waals surface area contributed by atoms with Crippen molar-refractivity contribution in [2.45, 2.75) is 26.3 Å². The Morgan fingerprint density at radius 1 is 1.56 bits per heavy atom. The van der Waals surface area contributed by atoms with E-state index in [4.69, 9.17) is 0 Å². The second-order valence-corrected chi connectivity index (χ2v) is 4.81. The van der Waals surface area contributed by atoms with Crippen LogP contribution in [0.25, 0.3) is 0 Å². The van der Waals surface area contributed by atoms with Crippen molar-refractivity contribution in [2.75, 3.05) is 6.54 Å². The summed E-state index contributed by atoms with van der Waals surface area (Å²) in [5, 5.41) is 12.5. The minimum Gasteiger partial charge on any atom is -0.304 e. The number of aromatic amines is 1. The van der Waals surface area contributed by atoms with Gasteiger partial charge in [-0.15, -0.1) is 11.3 Å². The van der Waals surface area contributed by atoms with E-state index in [0.717, 1.165) is 18.8 Å². The van der Waals surface area contributed by atoms with Gasteiger partial charge in [0.2, 0.25) is 0 Å². The third kappa shape index (κ3) is 2.31. The highest BCUT2D eigenvalue weighted by atomic mass is 32.1. The van der Waals surface area contributed by atoms with Gasteiger partial charge in [-0.1, -0.05) is 6.92 Å². The summed E-state index contributed by atoms with van der Waals surface area (Å²) in [6, 6.07) is 2.28. The van der Waals surface area contributed by atoms with E-state index in [0.29, 0.717) is 0 Å². The molecule has 2 aromatic heterocycles. The van der Waals surface area contributed by atoms with Crippen LogP contribution in [0.1, 0.15) is 35.7 Å². The van der Waals surface area contributed by atoms with Crippen LogP contribution in [0.2, 0.25) is 0 Å². The molecule has 1 unspecified atom stereocenters. The van der Waals surface area contributed by atoms with E-state index in [-0.39, 0.29) is 6.04 Å². The zero-order valence-electron chi connectivity index (χ0n) is 9.53. The Morgan fingerprint density at radius 2 is 2.44 bits per heavy atom. The van der Waals surface area contributed by atoms with E-state index in [2.05, 4.69) is 45.8 Å². The topological polar surface area (TPSA) is 53.6 Å². The summed E-state index contributed by atoms with van der Waals surface area (Å²) in [4.78, 5) is 5.57. The van der Waals surface area contributed by atoms with Crippen molar-refractivity contribution in [3.05, 3.63) is 34.0 Å². The highest BCUT2D eigenvalue weighted by Crippen LogP contribution is 2.25. The SMILES string of the molecule is CCCNC(c1ncn[nH]1)c1ccsc1C. The van der Waals surface area contributed by atoms with Gasteiger partial charge in [-0.3, -0.25) is 5.10 Å². The smallest absolute Gasteiger partial charge is 0.146 e. The molecule has 0 fully saturated rings. The van der Waals surface area contributed by atoms with E-state index in [1.807, 2.05) is 0 Å². The lowest BCUT2D eigenvalue weighted by Gasteiger charge is -2.15. The largest absolute Gasteiger partial charge is 0.304 e. The normalized spacial score (nSPS) is 12.9. The van der Waals surface area contributed by atoms with Gasteiger partial charge in [-0.25, -0.2) is 4.98 Å². The first-order valence-corrected chi connectivity index (χ1v) is 6.33. The highest BCUT2D eigenvalue weighted by molar-refractivity contribution is 7.10. The molecule has 0 aliphatic rings. The third-order valence-electron chi connectivity index (χ3n) is 2.52. The molecule has 4 nitrogen and oxygen atoms in total. The molecule has 2 heterocycles. The van der Waals surface area contributed by atoms with Crippen LogP contribution in [-0.4, -0.2) is 21.7 Å². The molecule has 0 spiro atoms. The highest BCUT2D eigenvalue weighted by Gasteiger charge is 2.18. The average Bonchev–Trinajstić information content (AvgIpc) is 2.91. The molecule has 0 aliphatic carbocycles. The minimum atomic E-state index is 0.133. The molecular formula is C11H16N4S. The Labute approximate surface area is 99.1 Å². The molecule has 0 saturated heterocycles. The van der Waals surface area contributed by atoms with Crippen LogP contribution in [-0.2, 0) is 0 Å². The summed E-state index contributed by atoms with van der Waals surface area (Å²) in [6.07, 6.45) is 2.66. The second-order valence-electron chi connectivity index (χ2n) is 3.69. The Morgan fingerprint density at radius 3 is 3.00 bits per heavy atom. The predicted molar refractivity (Wildman–Crippen MR) is 65.6 cm³/mol. The van der Waals surface area contributed by atoms with Gasteiger partial charge in [-0.05, 0) is 36.9 Å². The molecule has 1 atom stereocenters. The molecule has 0 bridgehead atoms. The fourth-order valence-corrected chi connectivity index (χ4v) is 2.43. The molecular weight excluding hydrogens is 220 g/mol. The van der Waals surface area contributed by atoms with Gasteiger partial charge in [-0.2, -0.15) is 5.10 Å². The van der Waals surface area contributed by atoms with Crippen molar-refractivity contribution in [3.8, 4) is 0 Å². The average molecular weight is 236 g/mol. The molecule has 2 rings (SSSR count). The molecule has 0 aliphatic heterocycles. The number of rotatable bonds is 5. The summed E-state index contributed by atoms with van der Waals surface area (Å²) in [5.41, 5.74) is 1.29. The van der Waals surface area contributed by atoms with Crippen molar-refractivity contribution < 1.29 is 0 Å². The van der Waals surface area contributed by atoms with Gasteiger partial charge < -0.3 is 5.32 Å². The molecule has 2 N–H and O–H groups in total. The van der Waals surface area contributed by atoms with E-state index in [9.17, 15) is 0 Å². The first kappa shape index (κ1) is 11.3. The molecule has 0 saturated carbocycles. The van der Waals surface area contributed by atoms with Gasteiger partial charge in [0.15, 0.2) is 0 Å². The lowest BCUT2D eigenvalue weighted by molar-refractivity contribution is 0.573. The first-order valence-electron chi connectivity index (χ1n) is 5.45. The Hall–Kier alpha value is -1.20. The molecule has 0 radical (unpaired) electrons. The molecule has 2 aromatic rings. The van der Waals surface area contributed by atoms with Gasteiger partial charge in [0, 0.05) is 4.88 Å². The first-order chi connectivity index (χ1) is 7.83. The zero-order valence-corrected chi connectivity index (χ0v) is 10.3. The summed E-state index contributed by atoms with van der Waals surface area (Å²) < 4.78 is 0. The summed E-state index contributed by atoms with van der Waals surface area (Å²) in [7, 11) is 0. The fraction of sp³-hybridized carbons (Fsp3) is 0.455. The zero-order chi connectivity index (χ0) is 11.4. The van der Waals surface area contributed by atoms with Gasteiger partial charge in [0.05, 0.1) is 6.04 Å². The fourth-order valence-electron chi connectivity index (χ4n) is 1.69. The van der Waals surface area contributed by atoms with Crippen molar-refractivity contribution in [3.63, 3.8) is 0 Å². The van der Waals surface area contributed by atoms with Crippen LogP contribution < -0.4 is 5.32 Å². The van der Waals surface area contributed by atoms with Crippen LogP contribution in [0.15, 0.2) is 17.8 Å². The maximum atomic E-state index is 4.24. The molecule has 86 valence electrons. The van der Waals surface area contributed by atoms with E-state index in [1.165, 1.54) is 10.4 Å². The van der Waals surface area contributed by atoms with Crippen molar-refractivity contribution in [2.24, 2.45) is 0 Å². The minimum absolute atomic E-state index is 0.133. The molecule has 0 aromatic carbocycles. The molecule has 0 amide bonds. The van der Waals surface area contributed by atoms with Crippen LogP contribution >= 0.6 is 11.3 Å². The maximum Gasteiger partial charge on any atom is 0.146 e. The van der Waals surface area contributed by atoms with Crippen LogP contribution in [0.4, 0.5) is 0 Å². The number of thiophene rings is 1. The summed E-state index contributed by atoms with van der Waals surface area (Å²) >= 11 is 1.76. The maximum absolute atomic E-state index is 4.24. The lowest BCUT2D eigenvalue weighted by atomic mass is 10.1. The van der Waals surface area contributed by atoms with Gasteiger partial charge in [0.25, 0.3) is 0 Å². The summed E-state index contributed by atoms with van der Waals surface area (Å²) in [5.74, 6) is 0.884. The number of nitrogens with one attached hydrogen (secondary N) is 2. The van der Waals surface area contributed by atoms with Crippen molar-refractivity contribution in [1.82, 2.24) is 20.5 Å². The monoisotopic (exact) mass is 236 g/mol. The van der Waals surface area contributed by atoms with E-state index < -0.39 is 0 Å². The number of aromatic nitrogens is 3. The molecule has 5 heteroatoms. The van der Waals surface area contributed by atoms with Gasteiger partial charge >= 0.3 is 0 Å². The standard InChI is InChI=1S/C11H16N4S/c1-3-5-12-10(11-13-7-14-15-11)9-4-6-16-8(9)2/h4,6-7,10,12H,3,5H2,1-2H3,(H,13,14,15). The van der Waals surface area contributed by atoms with Gasteiger partial charge in [0.1, 0.15) is 12.2 Å². The number of H-pyrrole nitrogens is 1. The van der Waals surface area contributed by atoms with E-state index in [1.54, 1.807) is 17.7 Å². The van der Waals surface area contributed by atoms with Crippen molar-refractivity contribution >= 4 is 11.3 Å². The lowest BCUT2D eigenvalue weighted by Crippen LogP contribution is -2.24. The molecule has 16 heavy (non-hydrogen) atoms. The summed E-state index contributed by atoms with van der Waals surface area (Å²) in [6.45, 7) is 5.27. The second kappa shape index (κ2) is 5.23. The Bertz CT molecular complexity index is 421.